The minimum absolute atomic E-state index is 0.151. The van der Waals surface area contributed by atoms with Crippen molar-refractivity contribution in [3.63, 3.8) is 0 Å². The number of rotatable bonds is 4. The van der Waals surface area contributed by atoms with Gasteiger partial charge in [0.15, 0.2) is 5.82 Å². The summed E-state index contributed by atoms with van der Waals surface area (Å²) < 4.78 is 45.2. The predicted molar refractivity (Wildman–Crippen MR) is 71.8 cm³/mol. The number of anilines is 1. The maximum Gasteiger partial charge on any atom is 0.266 e. The molecule has 0 unspecified atom stereocenters. The third-order valence-corrected chi connectivity index (χ3v) is 4.28. The molecule has 0 spiro atoms. The average molecular weight is 299 g/mol. The molecule has 1 aromatic carbocycles. The average Bonchev–Trinajstić information content (AvgIpc) is 2.69. The van der Waals surface area contributed by atoms with Gasteiger partial charge >= 0.3 is 0 Å². The molecule has 2 aromatic rings. The molecule has 0 atom stereocenters. The molecule has 2 N–H and O–H groups in total. The van der Waals surface area contributed by atoms with Gasteiger partial charge < -0.3 is 4.74 Å². The number of benzene rings is 1. The van der Waals surface area contributed by atoms with E-state index in [4.69, 9.17) is 4.74 Å². The molecule has 0 saturated carbocycles. The zero-order chi connectivity index (χ0) is 14.9. The third-order valence-electron chi connectivity index (χ3n) is 2.91. The van der Waals surface area contributed by atoms with Crippen molar-refractivity contribution in [2.45, 2.75) is 18.7 Å². The monoisotopic (exact) mass is 299 g/mol. The van der Waals surface area contributed by atoms with E-state index in [0.29, 0.717) is 5.56 Å². The third kappa shape index (κ3) is 2.60. The summed E-state index contributed by atoms with van der Waals surface area (Å²) in [6, 6.07) is 3.53. The Morgan fingerprint density at radius 1 is 1.35 bits per heavy atom. The molecular weight excluding hydrogens is 285 g/mol. The van der Waals surface area contributed by atoms with Crippen molar-refractivity contribution >= 4 is 15.8 Å². The molecular formula is C12H14FN3O3S. The van der Waals surface area contributed by atoms with Gasteiger partial charge in [-0.25, -0.2) is 12.8 Å². The molecule has 8 heteroatoms. The fraction of sp³-hybridized carbons (Fsp3) is 0.250. The second-order valence-corrected chi connectivity index (χ2v) is 5.87. The molecule has 6 nitrogen and oxygen atoms in total. The number of sulfonamides is 1. The van der Waals surface area contributed by atoms with Crippen LogP contribution in [0.3, 0.4) is 0 Å². The van der Waals surface area contributed by atoms with Gasteiger partial charge in [-0.3, -0.25) is 9.82 Å². The Bertz CT molecular complexity index is 740. The number of aromatic amines is 1. The molecule has 0 aliphatic rings. The van der Waals surface area contributed by atoms with Crippen LogP contribution in [0, 0.1) is 19.7 Å². The Hall–Kier alpha value is -2.09. The summed E-state index contributed by atoms with van der Waals surface area (Å²) in [6.45, 7) is 3.47. The smallest absolute Gasteiger partial charge is 0.266 e. The van der Waals surface area contributed by atoms with Crippen LogP contribution in [-0.4, -0.2) is 25.7 Å². The Labute approximate surface area is 116 Å². The normalized spacial score (nSPS) is 11.4. The van der Waals surface area contributed by atoms with Crippen LogP contribution in [-0.2, 0) is 10.0 Å². The minimum atomic E-state index is -4.04. The topological polar surface area (TPSA) is 84.1 Å². The fourth-order valence-electron chi connectivity index (χ4n) is 1.59. The number of halogens is 1. The van der Waals surface area contributed by atoms with Gasteiger partial charge in [0.2, 0.25) is 0 Å². The Morgan fingerprint density at radius 2 is 2.05 bits per heavy atom. The summed E-state index contributed by atoms with van der Waals surface area (Å²) in [6.07, 6.45) is 0. The summed E-state index contributed by atoms with van der Waals surface area (Å²) in [7, 11) is -2.67. The summed E-state index contributed by atoms with van der Waals surface area (Å²) in [5, 5.41) is 6.48. The number of methoxy groups -OCH3 is 1. The maximum absolute atomic E-state index is 13.8. The first kappa shape index (κ1) is 14.3. The number of H-pyrrole nitrogens is 1. The molecule has 1 heterocycles. The second-order valence-electron chi connectivity index (χ2n) is 4.22. The molecule has 0 amide bonds. The van der Waals surface area contributed by atoms with Crippen molar-refractivity contribution in [1.82, 2.24) is 10.2 Å². The maximum atomic E-state index is 13.8. The second kappa shape index (κ2) is 5.12. The van der Waals surface area contributed by atoms with Gasteiger partial charge in [0.05, 0.1) is 7.11 Å². The van der Waals surface area contributed by atoms with E-state index in [1.165, 1.54) is 13.2 Å². The summed E-state index contributed by atoms with van der Waals surface area (Å²) >= 11 is 0. The Morgan fingerprint density at radius 3 is 2.55 bits per heavy atom. The summed E-state index contributed by atoms with van der Waals surface area (Å²) in [5.41, 5.74) is 1.39. The highest BCUT2D eigenvalue weighted by molar-refractivity contribution is 7.92. The van der Waals surface area contributed by atoms with Crippen LogP contribution in [0.4, 0.5) is 10.2 Å². The molecule has 1 aromatic heterocycles. The zero-order valence-corrected chi connectivity index (χ0v) is 12.0. The van der Waals surface area contributed by atoms with Crippen molar-refractivity contribution in [1.29, 1.82) is 0 Å². The number of aryl methyl sites for hydroxylation is 1. The molecule has 0 radical (unpaired) electrons. The van der Waals surface area contributed by atoms with E-state index in [1.54, 1.807) is 13.8 Å². The highest BCUT2D eigenvalue weighted by atomic mass is 32.2. The quantitative estimate of drug-likeness (QED) is 0.904. The highest BCUT2D eigenvalue weighted by Gasteiger charge is 2.21. The molecule has 0 aliphatic carbocycles. The van der Waals surface area contributed by atoms with E-state index in [9.17, 15) is 12.8 Å². The number of nitrogens with zero attached hydrogens (tertiary/aromatic N) is 1. The standard InChI is InChI=1S/C12H14FN3O3S/c1-7-8(2)14-15-12(7)16-20(17,18)11-5-4-9(19-3)6-10(11)13/h4-6H,1-3H3,(H2,14,15,16). The zero-order valence-electron chi connectivity index (χ0n) is 11.2. The van der Waals surface area contributed by atoms with E-state index in [2.05, 4.69) is 14.9 Å². The van der Waals surface area contributed by atoms with Crippen LogP contribution in [0.5, 0.6) is 5.75 Å². The van der Waals surface area contributed by atoms with Crippen molar-refractivity contribution in [3.8, 4) is 5.75 Å². The molecule has 2 rings (SSSR count). The van der Waals surface area contributed by atoms with Gasteiger partial charge in [-0.05, 0) is 26.0 Å². The lowest BCUT2D eigenvalue weighted by atomic mass is 10.3. The van der Waals surface area contributed by atoms with E-state index in [1.807, 2.05) is 0 Å². The Kier molecular flexibility index (Phi) is 3.67. The lowest BCUT2D eigenvalue weighted by Crippen LogP contribution is -2.15. The van der Waals surface area contributed by atoms with E-state index in [-0.39, 0.29) is 11.6 Å². The first-order valence-corrected chi connectivity index (χ1v) is 7.21. The van der Waals surface area contributed by atoms with Crippen LogP contribution in [0.1, 0.15) is 11.3 Å². The molecule has 0 aliphatic heterocycles. The molecule has 0 fully saturated rings. The number of aromatic nitrogens is 2. The fourth-order valence-corrected chi connectivity index (χ4v) is 2.72. The van der Waals surface area contributed by atoms with Crippen molar-refractivity contribution in [2.75, 3.05) is 11.8 Å². The van der Waals surface area contributed by atoms with Gasteiger partial charge in [-0.15, -0.1) is 0 Å². The van der Waals surface area contributed by atoms with E-state index in [0.717, 1.165) is 17.8 Å². The number of nitrogens with one attached hydrogen (secondary N) is 2. The number of hydrogen-bond donors (Lipinski definition) is 2. The highest BCUT2D eigenvalue weighted by Crippen LogP contribution is 2.23. The number of hydrogen-bond acceptors (Lipinski definition) is 4. The van der Waals surface area contributed by atoms with Crippen LogP contribution in [0.2, 0.25) is 0 Å². The van der Waals surface area contributed by atoms with Gasteiger partial charge in [0.25, 0.3) is 10.0 Å². The van der Waals surface area contributed by atoms with Crippen molar-refractivity contribution in [2.24, 2.45) is 0 Å². The first-order valence-electron chi connectivity index (χ1n) is 5.73. The summed E-state index contributed by atoms with van der Waals surface area (Å²) in [5.74, 6) is -0.493. The molecule has 108 valence electrons. The molecule has 20 heavy (non-hydrogen) atoms. The predicted octanol–water partition coefficient (Wildman–Crippen LogP) is 1.98. The van der Waals surface area contributed by atoms with Gasteiger partial charge in [0, 0.05) is 17.3 Å². The lowest BCUT2D eigenvalue weighted by Gasteiger charge is -2.08. The SMILES string of the molecule is COc1ccc(S(=O)(=O)Nc2n[nH]c(C)c2C)c(F)c1. The van der Waals surface area contributed by atoms with Crippen LogP contribution < -0.4 is 9.46 Å². The Balaban J connectivity index is 2.38. The van der Waals surface area contributed by atoms with Crippen LogP contribution in [0.15, 0.2) is 23.1 Å². The lowest BCUT2D eigenvalue weighted by molar-refractivity contribution is 0.410. The first-order chi connectivity index (χ1) is 9.35. The van der Waals surface area contributed by atoms with Gasteiger partial charge in [-0.2, -0.15) is 5.10 Å². The van der Waals surface area contributed by atoms with Crippen molar-refractivity contribution in [3.05, 3.63) is 35.3 Å². The van der Waals surface area contributed by atoms with Crippen LogP contribution >= 0.6 is 0 Å². The molecule has 0 saturated heterocycles. The van der Waals surface area contributed by atoms with E-state index >= 15 is 0 Å². The van der Waals surface area contributed by atoms with Gasteiger partial charge in [0.1, 0.15) is 16.5 Å². The van der Waals surface area contributed by atoms with Crippen LogP contribution in [0.25, 0.3) is 0 Å². The van der Waals surface area contributed by atoms with E-state index < -0.39 is 20.7 Å². The van der Waals surface area contributed by atoms with Crippen molar-refractivity contribution < 1.29 is 17.5 Å². The largest absolute Gasteiger partial charge is 0.497 e. The minimum Gasteiger partial charge on any atom is -0.497 e. The molecule has 0 bridgehead atoms. The number of ether oxygens (including phenoxy) is 1. The summed E-state index contributed by atoms with van der Waals surface area (Å²) in [4.78, 5) is -0.460. The van der Waals surface area contributed by atoms with Gasteiger partial charge in [-0.1, -0.05) is 0 Å².